The molecule has 2 rings (SSSR count). The normalized spacial score (nSPS) is 12.7. The van der Waals surface area contributed by atoms with Crippen LogP contribution in [-0.4, -0.2) is 16.3 Å². The van der Waals surface area contributed by atoms with Gasteiger partial charge in [0.1, 0.15) is 0 Å². The number of rotatable bonds is 4. The quantitative estimate of drug-likeness (QED) is 0.924. The summed E-state index contributed by atoms with van der Waals surface area (Å²) in [6.07, 6.45) is 1.96. The fourth-order valence-electron chi connectivity index (χ4n) is 2.36. The Morgan fingerprint density at radius 1 is 1.37 bits per heavy atom. The second-order valence-corrected chi connectivity index (χ2v) is 5.72. The molecule has 2 aromatic rings. The summed E-state index contributed by atoms with van der Waals surface area (Å²) in [5, 5.41) is 7.97. The van der Waals surface area contributed by atoms with Gasteiger partial charge in [0.05, 0.1) is 11.9 Å². The monoisotopic (exact) mass is 321 g/mol. The van der Waals surface area contributed by atoms with Gasteiger partial charge in [-0.05, 0) is 51.1 Å². The zero-order valence-electron chi connectivity index (χ0n) is 11.9. The number of hydrogen-bond acceptors (Lipinski definition) is 2. The highest BCUT2D eigenvalue weighted by Gasteiger charge is 2.14. The summed E-state index contributed by atoms with van der Waals surface area (Å²) in [4.78, 5) is 0. The molecular weight excluding hydrogens is 302 g/mol. The number of aromatic nitrogens is 2. The predicted octanol–water partition coefficient (Wildman–Crippen LogP) is 3.92. The van der Waals surface area contributed by atoms with Gasteiger partial charge in [0.15, 0.2) is 0 Å². The fourth-order valence-corrected chi connectivity index (χ4v) is 2.84. The molecule has 1 atom stereocenters. The van der Waals surface area contributed by atoms with E-state index in [4.69, 9.17) is 0 Å². The highest BCUT2D eigenvalue weighted by Crippen LogP contribution is 2.23. The minimum atomic E-state index is 0.328. The maximum atomic E-state index is 4.54. The number of hydrogen-bond donors (Lipinski definition) is 1. The van der Waals surface area contributed by atoms with Crippen molar-refractivity contribution in [2.75, 3.05) is 6.54 Å². The van der Waals surface area contributed by atoms with E-state index >= 15 is 0 Å². The zero-order chi connectivity index (χ0) is 14.0. The van der Waals surface area contributed by atoms with Crippen LogP contribution in [0.15, 0.2) is 28.9 Å². The summed E-state index contributed by atoms with van der Waals surface area (Å²) in [6.45, 7) is 9.48. The lowest BCUT2D eigenvalue weighted by molar-refractivity contribution is 0.594. The second-order valence-electron chi connectivity index (χ2n) is 4.81. The molecule has 0 saturated carbocycles. The lowest BCUT2D eigenvalue weighted by atomic mass is 10.1. The Kier molecular flexibility index (Phi) is 4.42. The topological polar surface area (TPSA) is 29.9 Å². The van der Waals surface area contributed by atoms with Gasteiger partial charge < -0.3 is 5.32 Å². The summed E-state index contributed by atoms with van der Waals surface area (Å²) < 4.78 is 3.12. The third kappa shape index (κ3) is 2.90. The minimum absolute atomic E-state index is 0.328. The Morgan fingerprint density at radius 3 is 2.74 bits per heavy atom. The number of aryl methyl sites for hydroxylation is 1. The molecule has 0 aliphatic heterocycles. The maximum Gasteiger partial charge on any atom is 0.0678 e. The van der Waals surface area contributed by atoms with Crippen molar-refractivity contribution in [1.82, 2.24) is 15.1 Å². The van der Waals surface area contributed by atoms with Crippen LogP contribution in [0.25, 0.3) is 5.69 Å². The third-order valence-corrected chi connectivity index (χ3v) is 3.90. The van der Waals surface area contributed by atoms with Gasteiger partial charge in [0.2, 0.25) is 0 Å². The first-order chi connectivity index (χ1) is 9.04. The van der Waals surface area contributed by atoms with Crippen LogP contribution >= 0.6 is 15.9 Å². The molecule has 102 valence electrons. The van der Waals surface area contributed by atoms with Crippen LogP contribution in [0.4, 0.5) is 0 Å². The van der Waals surface area contributed by atoms with Crippen LogP contribution in [0.1, 0.15) is 36.7 Å². The van der Waals surface area contributed by atoms with E-state index in [1.54, 1.807) is 0 Å². The fraction of sp³-hybridized carbons (Fsp3) is 0.400. The predicted molar refractivity (Wildman–Crippen MR) is 82.8 cm³/mol. The SMILES string of the molecule is CCNC(C)c1cnn(-c2ccc(Br)cc2C)c1C. The minimum Gasteiger partial charge on any atom is -0.310 e. The summed E-state index contributed by atoms with van der Waals surface area (Å²) in [5.74, 6) is 0. The molecule has 1 aromatic carbocycles. The molecule has 19 heavy (non-hydrogen) atoms. The van der Waals surface area contributed by atoms with E-state index in [-0.39, 0.29) is 0 Å². The lowest BCUT2D eigenvalue weighted by Gasteiger charge is -2.13. The molecule has 0 aliphatic rings. The maximum absolute atomic E-state index is 4.54. The Bertz CT molecular complexity index is 575. The second kappa shape index (κ2) is 5.88. The summed E-state index contributed by atoms with van der Waals surface area (Å²) in [6, 6.07) is 6.59. The van der Waals surface area contributed by atoms with Gasteiger partial charge in [0, 0.05) is 21.8 Å². The molecule has 0 bridgehead atoms. The van der Waals surface area contributed by atoms with Crippen molar-refractivity contribution in [3.05, 3.63) is 45.7 Å². The van der Waals surface area contributed by atoms with Crippen molar-refractivity contribution in [1.29, 1.82) is 0 Å². The smallest absolute Gasteiger partial charge is 0.0678 e. The average Bonchev–Trinajstić information content (AvgIpc) is 2.72. The standard InChI is InChI=1S/C15H20BrN3/c1-5-17-11(3)14-9-18-19(12(14)4)15-7-6-13(16)8-10(15)2/h6-9,11,17H,5H2,1-4H3. The van der Waals surface area contributed by atoms with Crippen molar-refractivity contribution in [3.63, 3.8) is 0 Å². The van der Waals surface area contributed by atoms with Gasteiger partial charge in [-0.2, -0.15) is 5.10 Å². The van der Waals surface area contributed by atoms with E-state index in [2.05, 4.69) is 72.2 Å². The van der Waals surface area contributed by atoms with Crippen molar-refractivity contribution in [2.45, 2.75) is 33.7 Å². The molecule has 1 aromatic heterocycles. The first kappa shape index (κ1) is 14.3. The number of benzene rings is 1. The zero-order valence-corrected chi connectivity index (χ0v) is 13.5. The van der Waals surface area contributed by atoms with E-state index in [0.717, 1.165) is 16.7 Å². The molecule has 1 unspecified atom stereocenters. The molecule has 0 fully saturated rings. The lowest BCUT2D eigenvalue weighted by Crippen LogP contribution is -2.18. The summed E-state index contributed by atoms with van der Waals surface area (Å²) in [7, 11) is 0. The molecule has 0 saturated heterocycles. The first-order valence-corrected chi connectivity index (χ1v) is 7.38. The highest BCUT2D eigenvalue weighted by molar-refractivity contribution is 9.10. The molecule has 3 nitrogen and oxygen atoms in total. The van der Waals surface area contributed by atoms with Crippen molar-refractivity contribution < 1.29 is 0 Å². The Labute approximate surface area is 123 Å². The number of nitrogens with one attached hydrogen (secondary N) is 1. The van der Waals surface area contributed by atoms with Gasteiger partial charge in [-0.15, -0.1) is 0 Å². The van der Waals surface area contributed by atoms with Gasteiger partial charge in [-0.25, -0.2) is 4.68 Å². The number of halogens is 1. The van der Waals surface area contributed by atoms with Gasteiger partial charge in [0.25, 0.3) is 0 Å². The molecular formula is C15H20BrN3. The van der Waals surface area contributed by atoms with E-state index in [9.17, 15) is 0 Å². The summed E-state index contributed by atoms with van der Waals surface area (Å²) in [5.41, 5.74) is 4.79. The van der Waals surface area contributed by atoms with Crippen molar-refractivity contribution >= 4 is 15.9 Å². The highest BCUT2D eigenvalue weighted by atomic mass is 79.9. The van der Waals surface area contributed by atoms with Crippen LogP contribution in [0.3, 0.4) is 0 Å². The van der Waals surface area contributed by atoms with Crippen LogP contribution in [0.5, 0.6) is 0 Å². The average molecular weight is 322 g/mol. The molecule has 0 spiro atoms. The van der Waals surface area contributed by atoms with E-state index in [0.29, 0.717) is 6.04 Å². The van der Waals surface area contributed by atoms with Crippen LogP contribution in [0.2, 0.25) is 0 Å². The Hall–Kier alpha value is -1.13. The van der Waals surface area contributed by atoms with Crippen LogP contribution < -0.4 is 5.32 Å². The largest absolute Gasteiger partial charge is 0.310 e. The van der Waals surface area contributed by atoms with Gasteiger partial charge in [-0.1, -0.05) is 22.9 Å². The molecule has 0 aliphatic carbocycles. The van der Waals surface area contributed by atoms with Gasteiger partial charge in [-0.3, -0.25) is 0 Å². The van der Waals surface area contributed by atoms with Crippen molar-refractivity contribution in [3.8, 4) is 5.69 Å². The molecule has 0 amide bonds. The van der Waals surface area contributed by atoms with Crippen LogP contribution in [0, 0.1) is 13.8 Å². The van der Waals surface area contributed by atoms with E-state index in [1.165, 1.54) is 16.8 Å². The molecule has 1 heterocycles. The van der Waals surface area contributed by atoms with E-state index in [1.807, 2.05) is 10.9 Å². The van der Waals surface area contributed by atoms with Crippen LogP contribution in [-0.2, 0) is 0 Å². The Morgan fingerprint density at radius 2 is 2.11 bits per heavy atom. The van der Waals surface area contributed by atoms with Crippen molar-refractivity contribution in [2.24, 2.45) is 0 Å². The Balaban J connectivity index is 2.41. The molecule has 0 radical (unpaired) electrons. The van der Waals surface area contributed by atoms with E-state index < -0.39 is 0 Å². The number of nitrogens with zero attached hydrogens (tertiary/aromatic N) is 2. The first-order valence-electron chi connectivity index (χ1n) is 6.59. The summed E-state index contributed by atoms with van der Waals surface area (Å²) >= 11 is 3.50. The van der Waals surface area contributed by atoms with Gasteiger partial charge >= 0.3 is 0 Å². The third-order valence-electron chi connectivity index (χ3n) is 3.41. The molecule has 4 heteroatoms. The molecule has 1 N–H and O–H groups in total.